The first-order valence-electron chi connectivity index (χ1n) is 7.39. The highest BCUT2D eigenvalue weighted by Gasteiger charge is 2.11. The zero-order valence-electron chi connectivity index (χ0n) is 12.3. The third-order valence-corrected chi connectivity index (χ3v) is 3.90. The van der Waals surface area contributed by atoms with Crippen LogP contribution in [0.25, 0.3) is 11.1 Å². The summed E-state index contributed by atoms with van der Waals surface area (Å²) in [5.74, 6) is 0.139. The molecule has 112 valence electrons. The molecule has 0 radical (unpaired) electrons. The molecule has 0 saturated carbocycles. The fourth-order valence-electron chi connectivity index (χ4n) is 2.65. The van der Waals surface area contributed by atoms with Gasteiger partial charge in [-0.1, -0.05) is 24.3 Å². The van der Waals surface area contributed by atoms with Gasteiger partial charge < -0.3 is 9.84 Å². The van der Waals surface area contributed by atoms with Crippen molar-refractivity contribution >= 4 is 0 Å². The minimum atomic E-state index is 0.139. The predicted octanol–water partition coefficient (Wildman–Crippen LogP) is 2.76. The van der Waals surface area contributed by atoms with Gasteiger partial charge in [0.05, 0.1) is 24.8 Å². The molecule has 2 aromatic carbocycles. The van der Waals surface area contributed by atoms with Crippen molar-refractivity contribution in [2.24, 2.45) is 0 Å². The molecule has 1 fully saturated rings. The normalized spacial score (nSPS) is 15.4. The number of benzene rings is 2. The highest BCUT2D eigenvalue weighted by molar-refractivity contribution is 5.71. The molecule has 0 unspecified atom stereocenters. The Hall–Kier alpha value is -2.35. The monoisotopic (exact) mass is 294 g/mol. The fourth-order valence-corrected chi connectivity index (χ4v) is 2.65. The van der Waals surface area contributed by atoms with E-state index >= 15 is 0 Å². The molecular weight excluding hydrogens is 276 g/mol. The van der Waals surface area contributed by atoms with Crippen LogP contribution >= 0.6 is 0 Å². The lowest BCUT2D eigenvalue weighted by Gasteiger charge is -2.26. The van der Waals surface area contributed by atoms with E-state index in [0.29, 0.717) is 5.56 Å². The summed E-state index contributed by atoms with van der Waals surface area (Å²) in [6.45, 7) is 4.47. The molecule has 0 atom stereocenters. The maximum absolute atomic E-state index is 10.0. The van der Waals surface area contributed by atoms with Crippen molar-refractivity contribution in [3.63, 3.8) is 0 Å². The second kappa shape index (κ2) is 6.61. The predicted molar refractivity (Wildman–Crippen MR) is 84.4 cm³/mol. The van der Waals surface area contributed by atoms with E-state index in [1.165, 1.54) is 11.6 Å². The van der Waals surface area contributed by atoms with Gasteiger partial charge in [-0.3, -0.25) is 4.90 Å². The van der Waals surface area contributed by atoms with E-state index in [1.807, 2.05) is 18.2 Å². The van der Waals surface area contributed by atoms with Crippen LogP contribution in [0.3, 0.4) is 0 Å². The number of nitriles is 1. The largest absolute Gasteiger partial charge is 0.507 e. The number of hydrogen-bond acceptors (Lipinski definition) is 4. The number of aromatic hydroxyl groups is 1. The van der Waals surface area contributed by atoms with Gasteiger partial charge in [-0.25, -0.2) is 0 Å². The standard InChI is InChI=1S/C18H18N2O2/c19-12-15-3-6-17(18(21)11-15)16-4-1-14(2-5-16)13-20-7-9-22-10-8-20/h1-6,11,21H,7-10,13H2. The molecule has 0 spiro atoms. The van der Waals surface area contributed by atoms with Crippen LogP contribution in [0.15, 0.2) is 42.5 Å². The van der Waals surface area contributed by atoms with Crippen molar-refractivity contribution in [3.05, 3.63) is 53.6 Å². The van der Waals surface area contributed by atoms with Gasteiger partial charge in [-0.2, -0.15) is 5.26 Å². The quantitative estimate of drug-likeness (QED) is 0.945. The number of rotatable bonds is 3. The first kappa shape index (κ1) is 14.6. The number of nitrogens with zero attached hydrogens (tertiary/aromatic N) is 2. The van der Waals surface area contributed by atoms with Gasteiger partial charge in [0.25, 0.3) is 0 Å². The van der Waals surface area contributed by atoms with E-state index < -0.39 is 0 Å². The van der Waals surface area contributed by atoms with Crippen LogP contribution in [-0.2, 0) is 11.3 Å². The summed E-state index contributed by atoms with van der Waals surface area (Å²) in [5.41, 5.74) is 3.41. The summed E-state index contributed by atoms with van der Waals surface area (Å²) in [6, 6.07) is 15.2. The molecule has 3 rings (SSSR count). The topological polar surface area (TPSA) is 56.5 Å². The van der Waals surface area contributed by atoms with Gasteiger partial charge in [0.1, 0.15) is 5.75 Å². The molecule has 0 aliphatic carbocycles. The minimum Gasteiger partial charge on any atom is -0.507 e. The SMILES string of the molecule is N#Cc1ccc(-c2ccc(CN3CCOCC3)cc2)c(O)c1. The molecule has 4 nitrogen and oxygen atoms in total. The summed E-state index contributed by atoms with van der Waals surface area (Å²) in [4.78, 5) is 2.37. The molecule has 1 saturated heterocycles. The molecule has 1 heterocycles. The summed E-state index contributed by atoms with van der Waals surface area (Å²) in [5, 5.41) is 18.9. The summed E-state index contributed by atoms with van der Waals surface area (Å²) in [6.07, 6.45) is 0. The van der Waals surface area contributed by atoms with E-state index in [2.05, 4.69) is 17.0 Å². The third kappa shape index (κ3) is 3.28. The van der Waals surface area contributed by atoms with Crippen molar-refractivity contribution in [1.82, 2.24) is 4.90 Å². The number of phenols is 1. The van der Waals surface area contributed by atoms with Crippen molar-refractivity contribution in [3.8, 4) is 22.9 Å². The molecule has 1 aliphatic rings. The van der Waals surface area contributed by atoms with Crippen LogP contribution in [0.2, 0.25) is 0 Å². The Bertz CT molecular complexity index is 683. The Kier molecular flexibility index (Phi) is 4.38. The number of morpholine rings is 1. The van der Waals surface area contributed by atoms with Crippen LogP contribution < -0.4 is 0 Å². The smallest absolute Gasteiger partial charge is 0.124 e. The van der Waals surface area contributed by atoms with E-state index in [0.717, 1.165) is 44.0 Å². The minimum absolute atomic E-state index is 0.139. The molecule has 0 amide bonds. The molecule has 0 aromatic heterocycles. The Morgan fingerprint density at radius 2 is 1.82 bits per heavy atom. The molecule has 1 aliphatic heterocycles. The van der Waals surface area contributed by atoms with E-state index in [1.54, 1.807) is 12.1 Å². The van der Waals surface area contributed by atoms with Crippen LogP contribution in [0.1, 0.15) is 11.1 Å². The summed E-state index contributed by atoms with van der Waals surface area (Å²) < 4.78 is 5.35. The highest BCUT2D eigenvalue weighted by Crippen LogP contribution is 2.30. The van der Waals surface area contributed by atoms with Crippen molar-refractivity contribution in [2.45, 2.75) is 6.54 Å². The average Bonchev–Trinajstić information content (AvgIpc) is 2.56. The van der Waals surface area contributed by atoms with Gasteiger partial charge >= 0.3 is 0 Å². The van der Waals surface area contributed by atoms with Crippen molar-refractivity contribution in [1.29, 1.82) is 5.26 Å². The van der Waals surface area contributed by atoms with Gasteiger partial charge in [-0.05, 0) is 29.3 Å². The Morgan fingerprint density at radius 3 is 2.45 bits per heavy atom. The molecule has 22 heavy (non-hydrogen) atoms. The first-order chi connectivity index (χ1) is 10.8. The van der Waals surface area contributed by atoms with Crippen LogP contribution in [-0.4, -0.2) is 36.3 Å². The highest BCUT2D eigenvalue weighted by atomic mass is 16.5. The van der Waals surface area contributed by atoms with Crippen LogP contribution in [0.5, 0.6) is 5.75 Å². The summed E-state index contributed by atoms with van der Waals surface area (Å²) >= 11 is 0. The van der Waals surface area contributed by atoms with E-state index in [-0.39, 0.29) is 5.75 Å². The maximum Gasteiger partial charge on any atom is 0.124 e. The second-order valence-electron chi connectivity index (χ2n) is 5.43. The lowest BCUT2D eigenvalue weighted by Crippen LogP contribution is -2.35. The first-order valence-corrected chi connectivity index (χ1v) is 7.39. The molecule has 0 bridgehead atoms. The molecule has 1 N–H and O–H groups in total. The average molecular weight is 294 g/mol. The van der Waals surface area contributed by atoms with Gasteiger partial charge in [0.2, 0.25) is 0 Å². The van der Waals surface area contributed by atoms with Gasteiger partial charge in [0, 0.05) is 25.2 Å². The Morgan fingerprint density at radius 1 is 1.09 bits per heavy atom. The number of hydrogen-bond donors (Lipinski definition) is 1. The Balaban J connectivity index is 1.75. The number of ether oxygens (including phenoxy) is 1. The van der Waals surface area contributed by atoms with Crippen LogP contribution in [0, 0.1) is 11.3 Å². The zero-order valence-corrected chi connectivity index (χ0v) is 12.3. The Labute approximate surface area is 130 Å². The molecule has 2 aromatic rings. The molecular formula is C18H18N2O2. The lowest BCUT2D eigenvalue weighted by atomic mass is 10.0. The van der Waals surface area contributed by atoms with Crippen molar-refractivity contribution < 1.29 is 9.84 Å². The summed E-state index contributed by atoms with van der Waals surface area (Å²) in [7, 11) is 0. The third-order valence-electron chi connectivity index (χ3n) is 3.90. The van der Waals surface area contributed by atoms with E-state index in [9.17, 15) is 5.11 Å². The molecule has 4 heteroatoms. The lowest BCUT2D eigenvalue weighted by molar-refractivity contribution is 0.0342. The van der Waals surface area contributed by atoms with Gasteiger partial charge in [0.15, 0.2) is 0 Å². The van der Waals surface area contributed by atoms with E-state index in [4.69, 9.17) is 10.00 Å². The second-order valence-corrected chi connectivity index (χ2v) is 5.43. The zero-order chi connectivity index (χ0) is 15.4. The van der Waals surface area contributed by atoms with Crippen LogP contribution in [0.4, 0.5) is 0 Å². The number of phenolic OH excluding ortho intramolecular Hbond substituents is 1. The fraction of sp³-hybridized carbons (Fsp3) is 0.278. The van der Waals surface area contributed by atoms with Gasteiger partial charge in [-0.15, -0.1) is 0 Å². The maximum atomic E-state index is 10.0. The van der Waals surface area contributed by atoms with Crippen molar-refractivity contribution in [2.75, 3.05) is 26.3 Å².